The lowest BCUT2D eigenvalue weighted by Crippen LogP contribution is -2.16. The third-order valence-electron chi connectivity index (χ3n) is 3.33. The number of carbonyl (C=O) groups excluding carboxylic acids is 1. The van der Waals surface area contributed by atoms with Gasteiger partial charge in [-0.25, -0.2) is 8.42 Å². The quantitative estimate of drug-likeness (QED) is 0.882. The van der Waals surface area contributed by atoms with Crippen LogP contribution >= 0.6 is 11.6 Å². The van der Waals surface area contributed by atoms with Crippen molar-refractivity contribution in [2.75, 3.05) is 30.6 Å². The van der Waals surface area contributed by atoms with E-state index in [1.165, 1.54) is 6.26 Å². The molecule has 2 rings (SSSR count). The van der Waals surface area contributed by atoms with Crippen LogP contribution in [0.2, 0.25) is 5.02 Å². The highest BCUT2D eigenvalue weighted by Gasteiger charge is 2.12. The number of rotatable bonds is 5. The standard InChI is InChI=1S/C17H19ClN2O3S/c1-20(2)16-9-8-14(18)10-15(16)19-17(21)13-6-4-12(5-7-13)11-24(3,22)23/h4-10H,11H2,1-3H3,(H,19,21). The summed E-state index contributed by atoms with van der Waals surface area (Å²) in [6.07, 6.45) is 1.18. The lowest BCUT2D eigenvalue weighted by atomic mass is 10.1. The second kappa shape index (κ2) is 7.23. The van der Waals surface area contributed by atoms with Gasteiger partial charge in [0.2, 0.25) is 0 Å². The Balaban J connectivity index is 2.20. The summed E-state index contributed by atoms with van der Waals surface area (Å²) in [5.41, 5.74) is 2.53. The van der Waals surface area contributed by atoms with Crippen molar-refractivity contribution >= 4 is 38.7 Å². The van der Waals surface area contributed by atoms with Crippen LogP contribution in [0.15, 0.2) is 42.5 Å². The topological polar surface area (TPSA) is 66.5 Å². The maximum absolute atomic E-state index is 12.4. The molecule has 0 aromatic heterocycles. The minimum absolute atomic E-state index is 0.0476. The third-order valence-corrected chi connectivity index (χ3v) is 4.43. The van der Waals surface area contributed by atoms with Crippen LogP contribution < -0.4 is 10.2 Å². The van der Waals surface area contributed by atoms with Gasteiger partial charge >= 0.3 is 0 Å². The van der Waals surface area contributed by atoms with Crippen LogP contribution in [0.25, 0.3) is 0 Å². The lowest BCUT2D eigenvalue weighted by molar-refractivity contribution is 0.102. The minimum atomic E-state index is -3.10. The normalized spacial score (nSPS) is 11.2. The Hall–Kier alpha value is -2.05. The molecule has 7 heteroatoms. The summed E-state index contributed by atoms with van der Waals surface area (Å²) < 4.78 is 22.6. The molecule has 0 saturated heterocycles. The largest absolute Gasteiger partial charge is 0.376 e. The van der Waals surface area contributed by atoms with Crippen molar-refractivity contribution in [1.82, 2.24) is 0 Å². The molecule has 2 aromatic carbocycles. The molecule has 0 atom stereocenters. The number of anilines is 2. The summed E-state index contributed by atoms with van der Waals surface area (Å²) in [7, 11) is 0.648. The molecule has 2 aromatic rings. The molecule has 0 fully saturated rings. The number of amides is 1. The number of nitrogens with zero attached hydrogens (tertiary/aromatic N) is 1. The Morgan fingerprint density at radius 3 is 2.29 bits per heavy atom. The second-order valence-electron chi connectivity index (χ2n) is 5.78. The van der Waals surface area contributed by atoms with Gasteiger partial charge in [0.05, 0.1) is 17.1 Å². The Labute approximate surface area is 147 Å². The number of carbonyl (C=O) groups is 1. The van der Waals surface area contributed by atoms with Gasteiger partial charge in [-0.3, -0.25) is 4.79 Å². The Morgan fingerprint density at radius 2 is 1.75 bits per heavy atom. The van der Waals surface area contributed by atoms with E-state index in [1.807, 2.05) is 25.1 Å². The van der Waals surface area contributed by atoms with Crippen LogP contribution in [0.3, 0.4) is 0 Å². The average Bonchev–Trinajstić information content (AvgIpc) is 2.46. The van der Waals surface area contributed by atoms with Crippen molar-refractivity contribution in [2.45, 2.75) is 5.75 Å². The maximum Gasteiger partial charge on any atom is 0.255 e. The number of benzene rings is 2. The van der Waals surface area contributed by atoms with Crippen molar-refractivity contribution in [1.29, 1.82) is 0 Å². The summed E-state index contributed by atoms with van der Waals surface area (Å²) in [6, 6.07) is 11.8. The van der Waals surface area contributed by atoms with Crippen LogP contribution in [0, 0.1) is 0 Å². The van der Waals surface area contributed by atoms with Gasteiger partial charge < -0.3 is 10.2 Å². The maximum atomic E-state index is 12.4. The number of hydrogen-bond donors (Lipinski definition) is 1. The van der Waals surface area contributed by atoms with Gasteiger partial charge in [0.15, 0.2) is 9.84 Å². The predicted molar refractivity (Wildman–Crippen MR) is 98.7 cm³/mol. The molecule has 24 heavy (non-hydrogen) atoms. The monoisotopic (exact) mass is 366 g/mol. The highest BCUT2D eigenvalue weighted by Crippen LogP contribution is 2.28. The van der Waals surface area contributed by atoms with E-state index in [1.54, 1.807) is 36.4 Å². The molecule has 0 aliphatic carbocycles. The van der Waals surface area contributed by atoms with Crippen molar-refractivity contribution < 1.29 is 13.2 Å². The molecule has 0 saturated carbocycles. The summed E-state index contributed by atoms with van der Waals surface area (Å²) in [5.74, 6) is -0.334. The summed E-state index contributed by atoms with van der Waals surface area (Å²) in [6.45, 7) is 0. The van der Waals surface area contributed by atoms with Crippen molar-refractivity contribution in [3.8, 4) is 0 Å². The first-order valence-corrected chi connectivity index (χ1v) is 9.64. The third kappa shape index (κ3) is 4.97. The zero-order valence-corrected chi connectivity index (χ0v) is 15.3. The fourth-order valence-electron chi connectivity index (χ4n) is 2.25. The molecular weight excluding hydrogens is 348 g/mol. The fourth-order valence-corrected chi connectivity index (χ4v) is 3.22. The van der Waals surface area contributed by atoms with E-state index in [-0.39, 0.29) is 11.7 Å². The van der Waals surface area contributed by atoms with Crippen LogP contribution in [-0.2, 0) is 15.6 Å². The van der Waals surface area contributed by atoms with Gasteiger partial charge in [0.1, 0.15) is 0 Å². The smallest absolute Gasteiger partial charge is 0.255 e. The highest BCUT2D eigenvalue weighted by atomic mass is 35.5. The number of nitrogens with one attached hydrogen (secondary N) is 1. The Morgan fingerprint density at radius 1 is 1.12 bits per heavy atom. The van der Waals surface area contributed by atoms with Gasteiger partial charge in [-0.05, 0) is 35.9 Å². The molecule has 0 unspecified atom stereocenters. The number of hydrogen-bond acceptors (Lipinski definition) is 4. The first kappa shape index (κ1) is 18.3. The van der Waals surface area contributed by atoms with Gasteiger partial charge in [-0.15, -0.1) is 0 Å². The van der Waals surface area contributed by atoms with Gasteiger partial charge in [0, 0.05) is 30.9 Å². The van der Waals surface area contributed by atoms with Crippen molar-refractivity contribution in [2.24, 2.45) is 0 Å². The second-order valence-corrected chi connectivity index (χ2v) is 8.35. The van der Waals surface area contributed by atoms with E-state index in [2.05, 4.69) is 5.32 Å². The molecule has 5 nitrogen and oxygen atoms in total. The number of halogens is 1. The van der Waals surface area contributed by atoms with E-state index in [0.717, 1.165) is 5.69 Å². The van der Waals surface area contributed by atoms with E-state index in [0.29, 0.717) is 21.8 Å². The fraction of sp³-hybridized carbons (Fsp3) is 0.235. The summed E-state index contributed by atoms with van der Waals surface area (Å²) in [4.78, 5) is 14.3. The molecule has 1 N–H and O–H groups in total. The predicted octanol–water partition coefficient (Wildman–Crippen LogP) is 3.20. The zero-order valence-electron chi connectivity index (χ0n) is 13.7. The van der Waals surface area contributed by atoms with E-state index in [9.17, 15) is 13.2 Å². The molecule has 128 valence electrons. The highest BCUT2D eigenvalue weighted by molar-refractivity contribution is 7.89. The van der Waals surface area contributed by atoms with E-state index < -0.39 is 9.84 Å². The van der Waals surface area contributed by atoms with Crippen LogP contribution in [0.4, 0.5) is 11.4 Å². The molecule has 0 heterocycles. The zero-order chi connectivity index (χ0) is 17.9. The Kier molecular flexibility index (Phi) is 5.51. The Bertz CT molecular complexity index is 847. The van der Waals surface area contributed by atoms with Crippen LogP contribution in [0.5, 0.6) is 0 Å². The van der Waals surface area contributed by atoms with Gasteiger partial charge in [-0.1, -0.05) is 23.7 Å². The summed E-state index contributed by atoms with van der Waals surface area (Å²) >= 11 is 6.01. The molecule has 0 spiro atoms. The first-order chi connectivity index (χ1) is 11.2. The van der Waals surface area contributed by atoms with Crippen molar-refractivity contribution in [3.63, 3.8) is 0 Å². The minimum Gasteiger partial charge on any atom is -0.376 e. The van der Waals surface area contributed by atoms with Crippen molar-refractivity contribution in [3.05, 3.63) is 58.6 Å². The lowest BCUT2D eigenvalue weighted by Gasteiger charge is -2.18. The average molecular weight is 367 g/mol. The molecule has 0 radical (unpaired) electrons. The van der Waals surface area contributed by atoms with Gasteiger partial charge in [0.25, 0.3) is 5.91 Å². The summed E-state index contributed by atoms with van der Waals surface area (Å²) in [5, 5.41) is 3.36. The first-order valence-electron chi connectivity index (χ1n) is 7.20. The molecular formula is C17H19ClN2O3S. The SMILES string of the molecule is CN(C)c1ccc(Cl)cc1NC(=O)c1ccc(CS(C)(=O)=O)cc1. The molecule has 0 bridgehead atoms. The molecule has 0 aliphatic heterocycles. The van der Waals surface area contributed by atoms with E-state index >= 15 is 0 Å². The number of sulfone groups is 1. The molecule has 0 aliphatic rings. The van der Waals surface area contributed by atoms with Crippen LogP contribution in [0.1, 0.15) is 15.9 Å². The van der Waals surface area contributed by atoms with Gasteiger partial charge in [-0.2, -0.15) is 0 Å². The van der Waals surface area contributed by atoms with Crippen LogP contribution in [-0.4, -0.2) is 34.7 Å². The molecule has 1 amide bonds. The van der Waals surface area contributed by atoms with E-state index in [4.69, 9.17) is 11.6 Å².